The van der Waals surface area contributed by atoms with Crippen LogP contribution in [0, 0.1) is 15.5 Å². The number of nitro benzene ring substituents is 1. The molecule has 2 aliphatic rings. The van der Waals surface area contributed by atoms with Crippen LogP contribution in [0.25, 0.3) is 0 Å². The summed E-state index contributed by atoms with van der Waals surface area (Å²) in [5.74, 6) is 0.0524. The van der Waals surface area contributed by atoms with Gasteiger partial charge in [0.05, 0.1) is 10.6 Å². The van der Waals surface area contributed by atoms with Crippen molar-refractivity contribution in [3.05, 3.63) is 33.9 Å². The summed E-state index contributed by atoms with van der Waals surface area (Å²) in [7, 11) is 0. The third-order valence-electron chi connectivity index (χ3n) is 5.35. The molecule has 6 nitrogen and oxygen atoms in total. The second-order valence-electron chi connectivity index (χ2n) is 6.81. The number of non-ortho nitro benzene ring substituents is 1. The van der Waals surface area contributed by atoms with Crippen LogP contribution in [0.15, 0.2) is 18.2 Å². The number of hydrogen-bond donors (Lipinski definition) is 1. The molecule has 124 valence electrons. The molecule has 1 amide bonds. The van der Waals surface area contributed by atoms with Crippen molar-refractivity contribution in [3.63, 3.8) is 0 Å². The lowest BCUT2D eigenvalue weighted by Gasteiger charge is -2.36. The molecule has 1 aliphatic carbocycles. The van der Waals surface area contributed by atoms with Gasteiger partial charge in [-0.25, -0.2) is 0 Å². The van der Waals surface area contributed by atoms with E-state index >= 15 is 0 Å². The van der Waals surface area contributed by atoms with E-state index in [1.165, 1.54) is 18.6 Å². The summed E-state index contributed by atoms with van der Waals surface area (Å²) >= 11 is 0. The number of rotatable bonds is 4. The van der Waals surface area contributed by atoms with Crippen LogP contribution in [0.3, 0.4) is 0 Å². The molecule has 3 rings (SSSR count). The molecule has 1 saturated carbocycles. The molecule has 1 aromatic rings. The fourth-order valence-corrected chi connectivity index (χ4v) is 3.91. The number of amides is 1. The molecular weight excluding hydrogens is 294 g/mol. The Balaban J connectivity index is 1.80. The molecular formula is C17H23N3O3. The first-order valence-electron chi connectivity index (χ1n) is 8.32. The van der Waals surface area contributed by atoms with E-state index in [1.807, 2.05) is 0 Å². The SMILES string of the molecule is NCC1(CC(=O)N2CCc3ccc([N+](=O)[O-])cc32)CCCCC1. The van der Waals surface area contributed by atoms with Gasteiger partial charge in [0, 0.05) is 25.1 Å². The molecule has 23 heavy (non-hydrogen) atoms. The van der Waals surface area contributed by atoms with Crippen molar-refractivity contribution < 1.29 is 9.72 Å². The minimum Gasteiger partial charge on any atom is -0.330 e. The van der Waals surface area contributed by atoms with Crippen LogP contribution in [0.4, 0.5) is 11.4 Å². The standard InChI is InChI=1S/C17H23N3O3/c18-12-17(7-2-1-3-8-17)11-16(21)19-9-6-13-4-5-14(20(22)23)10-15(13)19/h4-5,10H,1-3,6-9,11-12,18H2. The van der Waals surface area contributed by atoms with Crippen LogP contribution in [0.5, 0.6) is 0 Å². The highest BCUT2D eigenvalue weighted by Crippen LogP contribution is 2.40. The van der Waals surface area contributed by atoms with E-state index < -0.39 is 4.92 Å². The molecule has 2 N–H and O–H groups in total. The number of hydrogen-bond acceptors (Lipinski definition) is 4. The van der Waals surface area contributed by atoms with Crippen LogP contribution in [-0.4, -0.2) is 23.9 Å². The summed E-state index contributed by atoms with van der Waals surface area (Å²) in [6.07, 6.45) is 6.70. The van der Waals surface area contributed by atoms with E-state index in [9.17, 15) is 14.9 Å². The zero-order valence-electron chi connectivity index (χ0n) is 13.3. The van der Waals surface area contributed by atoms with Gasteiger partial charge < -0.3 is 10.6 Å². The number of benzene rings is 1. The van der Waals surface area contributed by atoms with E-state index in [0.717, 1.165) is 37.7 Å². The van der Waals surface area contributed by atoms with Gasteiger partial charge in [-0.3, -0.25) is 14.9 Å². The quantitative estimate of drug-likeness (QED) is 0.683. The number of carbonyl (C=O) groups is 1. The maximum atomic E-state index is 12.8. The Bertz CT molecular complexity index is 624. The van der Waals surface area contributed by atoms with Gasteiger partial charge in [0.1, 0.15) is 0 Å². The van der Waals surface area contributed by atoms with Gasteiger partial charge >= 0.3 is 0 Å². The number of fused-ring (bicyclic) bond motifs is 1. The van der Waals surface area contributed by atoms with Crippen LogP contribution in [0.1, 0.15) is 44.1 Å². The van der Waals surface area contributed by atoms with Gasteiger partial charge in [-0.2, -0.15) is 0 Å². The smallest absolute Gasteiger partial charge is 0.271 e. The van der Waals surface area contributed by atoms with E-state index in [4.69, 9.17) is 5.73 Å². The summed E-state index contributed by atoms with van der Waals surface area (Å²) in [6.45, 7) is 1.14. The van der Waals surface area contributed by atoms with Crippen LogP contribution < -0.4 is 10.6 Å². The lowest BCUT2D eigenvalue weighted by molar-refractivity contribution is -0.384. The average Bonchev–Trinajstić information content (AvgIpc) is 2.98. The van der Waals surface area contributed by atoms with E-state index in [2.05, 4.69) is 0 Å². The molecule has 1 fully saturated rings. The highest BCUT2D eigenvalue weighted by atomic mass is 16.6. The zero-order valence-corrected chi connectivity index (χ0v) is 13.3. The van der Waals surface area contributed by atoms with Crippen molar-refractivity contribution in [1.29, 1.82) is 0 Å². The van der Waals surface area contributed by atoms with E-state index in [1.54, 1.807) is 11.0 Å². The zero-order chi connectivity index (χ0) is 16.4. The van der Waals surface area contributed by atoms with Crippen molar-refractivity contribution in [2.75, 3.05) is 18.0 Å². The first kappa shape index (κ1) is 15.9. The molecule has 1 aromatic carbocycles. The van der Waals surface area contributed by atoms with Crippen molar-refractivity contribution in [2.24, 2.45) is 11.1 Å². The van der Waals surface area contributed by atoms with Crippen LogP contribution in [0.2, 0.25) is 0 Å². The second kappa shape index (κ2) is 6.28. The fourth-order valence-electron chi connectivity index (χ4n) is 3.91. The molecule has 0 atom stereocenters. The largest absolute Gasteiger partial charge is 0.330 e. The number of nitrogens with two attached hydrogens (primary N) is 1. The van der Waals surface area contributed by atoms with Gasteiger partial charge in [-0.05, 0) is 36.8 Å². The van der Waals surface area contributed by atoms with Crippen molar-refractivity contribution in [1.82, 2.24) is 0 Å². The Hall–Kier alpha value is -1.95. The molecule has 1 aliphatic heterocycles. The van der Waals surface area contributed by atoms with Crippen LogP contribution >= 0.6 is 0 Å². The topological polar surface area (TPSA) is 89.5 Å². The fraction of sp³-hybridized carbons (Fsp3) is 0.588. The average molecular weight is 317 g/mol. The normalized spacial score (nSPS) is 19.4. The number of anilines is 1. The summed E-state index contributed by atoms with van der Waals surface area (Å²) in [6, 6.07) is 4.80. The Labute approximate surface area is 135 Å². The summed E-state index contributed by atoms with van der Waals surface area (Å²) < 4.78 is 0. The number of nitro groups is 1. The van der Waals surface area contributed by atoms with Gasteiger partial charge in [0.2, 0.25) is 5.91 Å². The monoisotopic (exact) mass is 317 g/mol. The molecule has 1 heterocycles. The Morgan fingerprint density at radius 2 is 2.04 bits per heavy atom. The predicted octanol–water partition coefficient (Wildman–Crippen LogP) is 2.78. The molecule has 6 heteroatoms. The van der Waals surface area contributed by atoms with Gasteiger partial charge in [-0.1, -0.05) is 25.3 Å². The van der Waals surface area contributed by atoms with E-state index in [-0.39, 0.29) is 17.0 Å². The summed E-state index contributed by atoms with van der Waals surface area (Å²) in [5.41, 5.74) is 7.65. The number of carbonyl (C=O) groups excluding carboxylic acids is 1. The minimum atomic E-state index is -0.413. The third kappa shape index (κ3) is 3.08. The van der Waals surface area contributed by atoms with Gasteiger partial charge in [0.15, 0.2) is 0 Å². The minimum absolute atomic E-state index is 0.0367. The van der Waals surface area contributed by atoms with Gasteiger partial charge in [0.25, 0.3) is 5.69 Å². The lowest BCUT2D eigenvalue weighted by atomic mass is 9.71. The molecule has 0 spiro atoms. The lowest BCUT2D eigenvalue weighted by Crippen LogP contribution is -2.40. The summed E-state index contributed by atoms with van der Waals surface area (Å²) in [5, 5.41) is 11.0. The van der Waals surface area contributed by atoms with Crippen molar-refractivity contribution in [3.8, 4) is 0 Å². The predicted molar refractivity (Wildman–Crippen MR) is 88.3 cm³/mol. The Kier molecular flexibility index (Phi) is 4.35. The molecule has 0 aromatic heterocycles. The summed E-state index contributed by atoms with van der Waals surface area (Å²) in [4.78, 5) is 25.1. The number of nitrogens with zero attached hydrogens (tertiary/aromatic N) is 2. The Morgan fingerprint density at radius 3 is 2.70 bits per heavy atom. The maximum Gasteiger partial charge on any atom is 0.271 e. The van der Waals surface area contributed by atoms with Crippen molar-refractivity contribution in [2.45, 2.75) is 44.9 Å². The molecule has 0 unspecified atom stereocenters. The third-order valence-corrected chi connectivity index (χ3v) is 5.35. The highest BCUT2D eigenvalue weighted by molar-refractivity contribution is 5.96. The maximum absolute atomic E-state index is 12.8. The first-order valence-corrected chi connectivity index (χ1v) is 8.32. The molecule has 0 saturated heterocycles. The molecule has 0 bridgehead atoms. The molecule has 0 radical (unpaired) electrons. The Morgan fingerprint density at radius 1 is 1.30 bits per heavy atom. The van der Waals surface area contributed by atoms with Crippen molar-refractivity contribution >= 4 is 17.3 Å². The van der Waals surface area contributed by atoms with E-state index in [0.29, 0.717) is 25.2 Å². The van der Waals surface area contributed by atoms with Crippen LogP contribution in [-0.2, 0) is 11.2 Å². The first-order chi connectivity index (χ1) is 11.0. The second-order valence-corrected chi connectivity index (χ2v) is 6.81. The highest BCUT2D eigenvalue weighted by Gasteiger charge is 2.36. The van der Waals surface area contributed by atoms with Gasteiger partial charge in [-0.15, -0.1) is 0 Å².